The molecular weight excluding hydrogens is 421 g/mol. The van der Waals surface area contributed by atoms with E-state index in [1.54, 1.807) is 0 Å². The van der Waals surface area contributed by atoms with Gasteiger partial charge < -0.3 is 10.1 Å². The molecule has 5 nitrogen and oxygen atoms in total. The number of ether oxygens (including phenoxy) is 1. The minimum Gasteiger partial charge on any atom is -0.456 e. The normalized spacial score (nSPS) is 10.6. The van der Waals surface area contributed by atoms with Crippen LogP contribution in [0.15, 0.2) is 84.9 Å². The van der Waals surface area contributed by atoms with Crippen molar-refractivity contribution in [3.05, 3.63) is 107 Å². The molecule has 0 bridgehead atoms. The first kappa shape index (κ1) is 23.9. The smallest absolute Gasteiger partial charge is 0.306 e. The number of amides is 1. The summed E-state index contributed by atoms with van der Waals surface area (Å²) in [7, 11) is 0. The summed E-state index contributed by atoms with van der Waals surface area (Å²) < 4.78 is 17.9. The van der Waals surface area contributed by atoms with Crippen molar-refractivity contribution in [2.45, 2.75) is 25.2 Å². The number of Topliss-reactive ketones (excluding diaryl/α,β-unsaturated/α-hetero) is 1. The molecule has 0 aliphatic carbocycles. The number of rotatable bonds is 11. The Hall–Kier alpha value is -3.80. The number of hydrogen-bond donors (Lipinski definition) is 1. The molecule has 0 aromatic heterocycles. The molecule has 0 aliphatic rings. The Morgan fingerprint density at radius 2 is 1.36 bits per heavy atom. The summed E-state index contributed by atoms with van der Waals surface area (Å²) in [6.07, 6.45) is 0.482. The molecule has 3 aromatic rings. The zero-order chi connectivity index (χ0) is 23.5. The van der Waals surface area contributed by atoms with Gasteiger partial charge in [0.05, 0.1) is 6.42 Å². The second kappa shape index (κ2) is 12.3. The molecule has 1 N–H and O–H groups in total. The molecule has 0 fully saturated rings. The van der Waals surface area contributed by atoms with Gasteiger partial charge in [0.2, 0.25) is 0 Å². The molecule has 0 atom stereocenters. The lowest BCUT2D eigenvalue weighted by atomic mass is 9.88. The van der Waals surface area contributed by atoms with Crippen molar-refractivity contribution in [2.24, 2.45) is 0 Å². The van der Waals surface area contributed by atoms with E-state index in [0.717, 1.165) is 11.1 Å². The molecular formula is C27H26FNO4. The van der Waals surface area contributed by atoms with Crippen LogP contribution in [0.25, 0.3) is 0 Å². The van der Waals surface area contributed by atoms with E-state index in [1.165, 1.54) is 24.3 Å². The first-order valence-corrected chi connectivity index (χ1v) is 10.8. The van der Waals surface area contributed by atoms with E-state index in [0.29, 0.717) is 18.5 Å². The highest BCUT2D eigenvalue weighted by atomic mass is 19.1. The molecule has 1 amide bonds. The average molecular weight is 448 g/mol. The fraction of sp³-hybridized carbons (Fsp3) is 0.222. The largest absolute Gasteiger partial charge is 0.456 e. The number of carbonyl (C=O) groups is 3. The van der Waals surface area contributed by atoms with Crippen LogP contribution < -0.4 is 5.32 Å². The van der Waals surface area contributed by atoms with E-state index >= 15 is 0 Å². The van der Waals surface area contributed by atoms with Crippen molar-refractivity contribution in [3.8, 4) is 0 Å². The highest BCUT2D eigenvalue weighted by Gasteiger charge is 2.15. The first-order chi connectivity index (χ1) is 16.0. The van der Waals surface area contributed by atoms with Crippen LogP contribution in [-0.2, 0) is 14.3 Å². The number of ketones is 1. The lowest BCUT2D eigenvalue weighted by Crippen LogP contribution is -2.30. The topological polar surface area (TPSA) is 72.5 Å². The molecule has 0 aliphatic heterocycles. The van der Waals surface area contributed by atoms with Gasteiger partial charge in [0, 0.05) is 24.4 Å². The second-order valence-corrected chi connectivity index (χ2v) is 7.60. The molecule has 0 saturated carbocycles. The van der Waals surface area contributed by atoms with Crippen LogP contribution in [-0.4, -0.2) is 30.8 Å². The van der Waals surface area contributed by atoms with Crippen molar-refractivity contribution in [1.29, 1.82) is 0 Å². The number of benzene rings is 3. The van der Waals surface area contributed by atoms with Gasteiger partial charge in [-0.1, -0.05) is 60.7 Å². The third kappa shape index (κ3) is 7.68. The zero-order valence-corrected chi connectivity index (χ0v) is 18.2. The van der Waals surface area contributed by atoms with Crippen LogP contribution in [0, 0.1) is 5.82 Å². The van der Waals surface area contributed by atoms with Crippen LogP contribution in [0.3, 0.4) is 0 Å². The van der Waals surface area contributed by atoms with Crippen LogP contribution in [0.4, 0.5) is 4.39 Å². The standard InChI is InChI=1S/C27H26FNO4/c28-23-13-11-22(12-14-23)25(30)15-16-27(32)33-19-26(31)29-18-17-24(20-7-3-1-4-8-20)21-9-5-2-6-10-21/h1-14,24H,15-19H2,(H,29,31). The van der Waals surface area contributed by atoms with Crippen LogP contribution in [0.1, 0.15) is 46.7 Å². The summed E-state index contributed by atoms with van der Waals surface area (Å²) >= 11 is 0. The molecule has 170 valence electrons. The van der Waals surface area contributed by atoms with Gasteiger partial charge in [0.15, 0.2) is 12.4 Å². The van der Waals surface area contributed by atoms with Gasteiger partial charge in [-0.2, -0.15) is 0 Å². The zero-order valence-electron chi connectivity index (χ0n) is 18.2. The number of esters is 1. The minimum absolute atomic E-state index is 0.0675. The summed E-state index contributed by atoms with van der Waals surface area (Å²) in [5.41, 5.74) is 2.65. The Labute approximate surface area is 192 Å². The summed E-state index contributed by atoms with van der Waals surface area (Å²) in [6.45, 7) is 0.0266. The summed E-state index contributed by atoms with van der Waals surface area (Å²) in [5.74, 6) is -1.62. The van der Waals surface area contributed by atoms with Crippen molar-refractivity contribution < 1.29 is 23.5 Å². The fourth-order valence-corrected chi connectivity index (χ4v) is 3.52. The van der Waals surface area contributed by atoms with Gasteiger partial charge in [0.1, 0.15) is 5.82 Å². The molecule has 0 radical (unpaired) electrons. The highest BCUT2D eigenvalue weighted by molar-refractivity contribution is 5.97. The van der Waals surface area contributed by atoms with Gasteiger partial charge >= 0.3 is 5.97 Å². The van der Waals surface area contributed by atoms with E-state index in [1.807, 2.05) is 36.4 Å². The van der Waals surface area contributed by atoms with E-state index in [9.17, 15) is 18.8 Å². The van der Waals surface area contributed by atoms with Crippen molar-refractivity contribution >= 4 is 17.7 Å². The lowest BCUT2D eigenvalue weighted by molar-refractivity contribution is -0.148. The fourth-order valence-electron chi connectivity index (χ4n) is 3.52. The van der Waals surface area contributed by atoms with Gasteiger partial charge in [-0.05, 0) is 41.8 Å². The van der Waals surface area contributed by atoms with Gasteiger partial charge in [-0.25, -0.2) is 4.39 Å². The van der Waals surface area contributed by atoms with Crippen LogP contribution >= 0.6 is 0 Å². The predicted octanol–water partition coefficient (Wildman–Crippen LogP) is 4.67. The number of hydrogen-bond acceptors (Lipinski definition) is 4. The monoisotopic (exact) mass is 447 g/mol. The van der Waals surface area contributed by atoms with Crippen molar-refractivity contribution in [3.63, 3.8) is 0 Å². The first-order valence-electron chi connectivity index (χ1n) is 10.8. The molecule has 33 heavy (non-hydrogen) atoms. The number of nitrogens with one attached hydrogen (secondary N) is 1. The van der Waals surface area contributed by atoms with E-state index in [4.69, 9.17) is 4.74 Å². The van der Waals surface area contributed by atoms with Crippen LogP contribution in [0.2, 0.25) is 0 Å². The Balaban J connectivity index is 1.40. The summed E-state index contributed by atoms with van der Waals surface area (Å²) in [6, 6.07) is 25.3. The number of halogens is 1. The molecule has 0 saturated heterocycles. The molecule has 3 rings (SSSR count). The SMILES string of the molecule is O=C(COC(=O)CCC(=O)c1ccc(F)cc1)NCCC(c1ccccc1)c1ccccc1. The third-order valence-corrected chi connectivity index (χ3v) is 5.25. The van der Waals surface area contributed by atoms with Crippen molar-refractivity contribution in [2.75, 3.05) is 13.2 Å². The molecule has 0 heterocycles. The van der Waals surface area contributed by atoms with Crippen LogP contribution in [0.5, 0.6) is 0 Å². The lowest BCUT2D eigenvalue weighted by Gasteiger charge is -2.18. The summed E-state index contributed by atoms with van der Waals surface area (Å²) in [4.78, 5) is 36.0. The third-order valence-electron chi connectivity index (χ3n) is 5.25. The predicted molar refractivity (Wildman–Crippen MR) is 123 cm³/mol. The summed E-state index contributed by atoms with van der Waals surface area (Å²) in [5, 5.41) is 2.79. The Kier molecular flexibility index (Phi) is 8.88. The van der Waals surface area contributed by atoms with E-state index in [-0.39, 0.29) is 24.5 Å². The second-order valence-electron chi connectivity index (χ2n) is 7.60. The Morgan fingerprint density at radius 3 is 1.94 bits per heavy atom. The molecule has 0 spiro atoms. The highest BCUT2D eigenvalue weighted by Crippen LogP contribution is 2.27. The molecule has 6 heteroatoms. The minimum atomic E-state index is -0.632. The number of carbonyl (C=O) groups excluding carboxylic acids is 3. The van der Waals surface area contributed by atoms with E-state index < -0.39 is 24.3 Å². The Bertz CT molecular complexity index is 1010. The van der Waals surface area contributed by atoms with Gasteiger partial charge in [-0.3, -0.25) is 14.4 Å². The van der Waals surface area contributed by atoms with Gasteiger partial charge in [0.25, 0.3) is 5.91 Å². The maximum absolute atomic E-state index is 12.9. The quantitative estimate of drug-likeness (QED) is 0.343. The van der Waals surface area contributed by atoms with Gasteiger partial charge in [-0.15, -0.1) is 0 Å². The maximum Gasteiger partial charge on any atom is 0.306 e. The maximum atomic E-state index is 12.9. The average Bonchev–Trinajstić information content (AvgIpc) is 2.85. The molecule has 0 unspecified atom stereocenters. The molecule has 3 aromatic carbocycles. The van der Waals surface area contributed by atoms with Crippen molar-refractivity contribution in [1.82, 2.24) is 5.32 Å². The van der Waals surface area contributed by atoms with E-state index in [2.05, 4.69) is 29.6 Å². The Morgan fingerprint density at radius 1 is 0.788 bits per heavy atom.